The lowest BCUT2D eigenvalue weighted by Crippen LogP contribution is -2.30. The van der Waals surface area contributed by atoms with Crippen LogP contribution in [0.2, 0.25) is 0 Å². The molecule has 0 saturated carbocycles. The summed E-state index contributed by atoms with van der Waals surface area (Å²) in [5.74, 6) is 0.699. The number of cyclic esters (lactones) is 1. The van der Waals surface area contributed by atoms with Crippen LogP contribution >= 0.6 is 15.9 Å². The first-order valence-electron chi connectivity index (χ1n) is 4.93. The highest BCUT2D eigenvalue weighted by atomic mass is 79.9. The van der Waals surface area contributed by atoms with E-state index >= 15 is 0 Å². The van der Waals surface area contributed by atoms with Gasteiger partial charge in [0.05, 0.1) is 23.3 Å². The molecule has 1 fully saturated rings. The van der Waals surface area contributed by atoms with Crippen LogP contribution in [0.15, 0.2) is 22.7 Å². The Balaban J connectivity index is 2.36. The fourth-order valence-electron chi connectivity index (χ4n) is 1.67. The van der Waals surface area contributed by atoms with Crippen molar-refractivity contribution in [1.29, 1.82) is 0 Å². The van der Waals surface area contributed by atoms with Gasteiger partial charge >= 0.3 is 6.09 Å². The van der Waals surface area contributed by atoms with Gasteiger partial charge in [-0.05, 0) is 35.0 Å². The maximum Gasteiger partial charge on any atom is 0.414 e. The maximum absolute atomic E-state index is 11.5. The minimum atomic E-state index is -0.308. The smallest absolute Gasteiger partial charge is 0.414 e. The Morgan fingerprint density at radius 3 is 2.88 bits per heavy atom. The van der Waals surface area contributed by atoms with Gasteiger partial charge in [0.2, 0.25) is 0 Å². The molecule has 0 radical (unpaired) electrons. The Morgan fingerprint density at radius 2 is 2.31 bits per heavy atom. The van der Waals surface area contributed by atoms with E-state index in [-0.39, 0.29) is 12.1 Å². The largest absolute Gasteiger partial charge is 0.495 e. The summed E-state index contributed by atoms with van der Waals surface area (Å²) in [6, 6.07) is 5.58. The molecular formula is C11H12BrNO3. The Bertz CT molecular complexity index is 422. The predicted molar refractivity (Wildman–Crippen MR) is 64.0 cm³/mol. The molecule has 0 aliphatic carbocycles. The summed E-state index contributed by atoms with van der Waals surface area (Å²) in [6.07, 6.45) is -0.308. The molecule has 1 heterocycles. The Hall–Kier alpha value is -1.23. The number of benzene rings is 1. The van der Waals surface area contributed by atoms with Crippen molar-refractivity contribution in [2.75, 3.05) is 18.6 Å². The third kappa shape index (κ3) is 1.87. The van der Waals surface area contributed by atoms with Gasteiger partial charge in [0.25, 0.3) is 0 Å². The molecule has 4 nitrogen and oxygen atoms in total. The zero-order valence-corrected chi connectivity index (χ0v) is 10.7. The van der Waals surface area contributed by atoms with E-state index in [0.717, 1.165) is 10.2 Å². The van der Waals surface area contributed by atoms with Crippen LogP contribution in [-0.2, 0) is 4.74 Å². The molecule has 2 rings (SSSR count). The second-order valence-corrected chi connectivity index (χ2v) is 4.47. The molecule has 1 aromatic carbocycles. The molecule has 1 aliphatic heterocycles. The van der Waals surface area contributed by atoms with Crippen molar-refractivity contribution in [2.24, 2.45) is 0 Å². The van der Waals surface area contributed by atoms with E-state index in [1.165, 1.54) is 0 Å². The number of hydrogen-bond acceptors (Lipinski definition) is 3. The molecule has 1 aromatic rings. The van der Waals surface area contributed by atoms with Gasteiger partial charge in [-0.1, -0.05) is 0 Å². The number of amides is 1. The van der Waals surface area contributed by atoms with Gasteiger partial charge in [-0.25, -0.2) is 4.79 Å². The normalized spacial score (nSPS) is 19.8. The number of ether oxygens (including phenoxy) is 2. The quantitative estimate of drug-likeness (QED) is 0.839. The second kappa shape index (κ2) is 4.33. The molecule has 1 saturated heterocycles. The number of nitrogens with zero attached hydrogens (tertiary/aromatic N) is 1. The van der Waals surface area contributed by atoms with E-state index in [1.54, 1.807) is 12.0 Å². The third-order valence-corrected chi connectivity index (χ3v) is 3.15. The maximum atomic E-state index is 11.5. The van der Waals surface area contributed by atoms with Crippen LogP contribution < -0.4 is 9.64 Å². The zero-order valence-electron chi connectivity index (χ0n) is 9.07. The molecule has 1 aliphatic rings. The molecule has 0 bridgehead atoms. The van der Waals surface area contributed by atoms with Crippen molar-refractivity contribution in [2.45, 2.75) is 13.0 Å². The number of methoxy groups -OCH3 is 1. The molecule has 5 heteroatoms. The SMILES string of the molecule is COc1cc(N2C(=O)OC[C@H]2C)ccc1Br. The average molecular weight is 286 g/mol. The van der Waals surface area contributed by atoms with Crippen molar-refractivity contribution in [3.05, 3.63) is 22.7 Å². The first-order chi connectivity index (χ1) is 7.63. The number of hydrogen-bond donors (Lipinski definition) is 0. The molecule has 86 valence electrons. The average Bonchev–Trinajstić information content (AvgIpc) is 2.60. The molecule has 16 heavy (non-hydrogen) atoms. The molecule has 0 aromatic heterocycles. The van der Waals surface area contributed by atoms with Crippen molar-refractivity contribution in [3.63, 3.8) is 0 Å². The highest BCUT2D eigenvalue weighted by Gasteiger charge is 2.31. The summed E-state index contributed by atoms with van der Waals surface area (Å²) in [4.78, 5) is 13.1. The Morgan fingerprint density at radius 1 is 1.56 bits per heavy atom. The van der Waals surface area contributed by atoms with Crippen LogP contribution in [0.5, 0.6) is 5.75 Å². The molecule has 0 N–H and O–H groups in total. The molecule has 0 spiro atoms. The Labute approximate surface area is 102 Å². The van der Waals surface area contributed by atoms with Crippen LogP contribution in [-0.4, -0.2) is 25.9 Å². The third-order valence-electron chi connectivity index (χ3n) is 2.50. The van der Waals surface area contributed by atoms with Crippen molar-refractivity contribution in [1.82, 2.24) is 0 Å². The van der Waals surface area contributed by atoms with Gasteiger partial charge < -0.3 is 9.47 Å². The summed E-state index contributed by atoms with van der Waals surface area (Å²) in [6.45, 7) is 2.37. The van der Waals surface area contributed by atoms with E-state index in [1.807, 2.05) is 25.1 Å². The summed E-state index contributed by atoms with van der Waals surface area (Å²) in [7, 11) is 1.59. The summed E-state index contributed by atoms with van der Waals surface area (Å²) in [5.41, 5.74) is 0.787. The standard InChI is InChI=1S/C11H12BrNO3/c1-7-6-16-11(14)13(7)8-3-4-9(12)10(5-8)15-2/h3-5,7H,6H2,1-2H3/t7-/m1/s1. The number of carbonyl (C=O) groups is 1. The first-order valence-corrected chi connectivity index (χ1v) is 5.72. The van der Waals surface area contributed by atoms with Gasteiger partial charge in [-0.15, -0.1) is 0 Å². The highest BCUT2D eigenvalue weighted by Crippen LogP contribution is 2.32. The molecule has 0 unspecified atom stereocenters. The van der Waals surface area contributed by atoms with Crippen LogP contribution in [0, 0.1) is 0 Å². The van der Waals surface area contributed by atoms with Crippen LogP contribution in [0.3, 0.4) is 0 Å². The van der Waals surface area contributed by atoms with E-state index in [2.05, 4.69) is 15.9 Å². The zero-order chi connectivity index (χ0) is 11.7. The van der Waals surface area contributed by atoms with Gasteiger partial charge in [0, 0.05) is 6.07 Å². The fraction of sp³-hybridized carbons (Fsp3) is 0.364. The van der Waals surface area contributed by atoms with Crippen molar-refractivity contribution < 1.29 is 14.3 Å². The predicted octanol–water partition coefficient (Wildman–Crippen LogP) is 2.80. The summed E-state index contributed by atoms with van der Waals surface area (Å²) >= 11 is 3.37. The van der Waals surface area contributed by atoms with E-state index < -0.39 is 0 Å². The number of anilines is 1. The number of halogens is 1. The highest BCUT2D eigenvalue weighted by molar-refractivity contribution is 9.10. The molecule has 1 amide bonds. The van der Waals surface area contributed by atoms with Gasteiger partial charge in [-0.3, -0.25) is 4.90 Å². The van der Waals surface area contributed by atoms with Gasteiger partial charge in [0.1, 0.15) is 12.4 Å². The molecular weight excluding hydrogens is 274 g/mol. The second-order valence-electron chi connectivity index (χ2n) is 3.61. The van der Waals surface area contributed by atoms with E-state index in [9.17, 15) is 4.79 Å². The lowest BCUT2D eigenvalue weighted by atomic mass is 10.2. The van der Waals surface area contributed by atoms with E-state index in [0.29, 0.717) is 12.4 Å². The summed E-state index contributed by atoms with van der Waals surface area (Å²) in [5, 5.41) is 0. The van der Waals surface area contributed by atoms with Crippen LogP contribution in [0.4, 0.5) is 10.5 Å². The number of rotatable bonds is 2. The lowest BCUT2D eigenvalue weighted by Gasteiger charge is -2.18. The van der Waals surface area contributed by atoms with Crippen LogP contribution in [0.1, 0.15) is 6.92 Å². The lowest BCUT2D eigenvalue weighted by molar-refractivity contribution is 0.179. The topological polar surface area (TPSA) is 38.8 Å². The van der Waals surface area contributed by atoms with Gasteiger partial charge in [-0.2, -0.15) is 0 Å². The summed E-state index contributed by atoms with van der Waals surface area (Å²) < 4.78 is 11.0. The molecule has 1 atom stereocenters. The Kier molecular flexibility index (Phi) is 3.05. The van der Waals surface area contributed by atoms with Crippen molar-refractivity contribution >= 4 is 27.7 Å². The van der Waals surface area contributed by atoms with Crippen molar-refractivity contribution in [3.8, 4) is 5.75 Å². The minimum Gasteiger partial charge on any atom is -0.495 e. The number of carbonyl (C=O) groups excluding carboxylic acids is 1. The fourth-order valence-corrected chi connectivity index (χ4v) is 2.08. The first kappa shape index (κ1) is 11.3. The van der Waals surface area contributed by atoms with Crippen LogP contribution in [0.25, 0.3) is 0 Å². The minimum absolute atomic E-state index is 0.0541. The van der Waals surface area contributed by atoms with E-state index in [4.69, 9.17) is 9.47 Å². The monoisotopic (exact) mass is 285 g/mol. The van der Waals surface area contributed by atoms with Gasteiger partial charge in [0.15, 0.2) is 0 Å².